The minimum atomic E-state index is -0.288. The van der Waals surface area contributed by atoms with Crippen LogP contribution in [0.25, 0.3) is 0 Å². The summed E-state index contributed by atoms with van der Waals surface area (Å²) in [7, 11) is 1.77. The first kappa shape index (κ1) is 11.1. The Kier molecular flexibility index (Phi) is 3.30. The summed E-state index contributed by atoms with van der Waals surface area (Å²) in [5, 5.41) is 1.64. The van der Waals surface area contributed by atoms with Crippen molar-refractivity contribution < 1.29 is 4.79 Å². The van der Waals surface area contributed by atoms with Crippen molar-refractivity contribution in [1.29, 1.82) is 0 Å². The summed E-state index contributed by atoms with van der Waals surface area (Å²) in [6, 6.07) is 9.52. The Morgan fingerprint density at radius 1 is 1.24 bits per heavy atom. The van der Waals surface area contributed by atoms with Crippen molar-refractivity contribution in [1.82, 2.24) is 15.4 Å². The van der Waals surface area contributed by atoms with Gasteiger partial charge in [0.1, 0.15) is 5.69 Å². The lowest BCUT2D eigenvalue weighted by atomic mass is 10.3. The van der Waals surface area contributed by atoms with Crippen LogP contribution >= 0.6 is 0 Å². The van der Waals surface area contributed by atoms with Crippen molar-refractivity contribution >= 4 is 11.6 Å². The van der Waals surface area contributed by atoms with Gasteiger partial charge in [0.05, 0.1) is 11.9 Å². The molecule has 1 amide bonds. The van der Waals surface area contributed by atoms with E-state index in [9.17, 15) is 4.79 Å². The number of carbonyl (C=O) groups excluding carboxylic acids is 1. The van der Waals surface area contributed by atoms with Crippen molar-refractivity contribution in [2.75, 3.05) is 12.1 Å². The largest absolute Gasteiger partial charge is 0.289 e. The lowest BCUT2D eigenvalue weighted by Crippen LogP contribution is -2.39. The number of hydrogen-bond donors (Lipinski definition) is 1. The van der Waals surface area contributed by atoms with Crippen molar-refractivity contribution in [2.24, 2.45) is 0 Å². The topological polar surface area (TPSA) is 58.1 Å². The van der Waals surface area contributed by atoms with Crippen molar-refractivity contribution in [3.63, 3.8) is 0 Å². The third-order valence-corrected chi connectivity index (χ3v) is 2.21. The lowest BCUT2D eigenvalue weighted by molar-refractivity contribution is 0.0946. The predicted octanol–water partition coefficient (Wildman–Crippen LogP) is 1.26. The molecule has 0 aliphatic heterocycles. The molecule has 2 aromatic rings. The van der Waals surface area contributed by atoms with Crippen LogP contribution in [0.5, 0.6) is 0 Å². The first-order valence-electron chi connectivity index (χ1n) is 5.13. The number of nitrogens with one attached hydrogen (secondary N) is 1. The molecule has 5 heteroatoms. The Balaban J connectivity index is 2.05. The second-order valence-electron chi connectivity index (χ2n) is 3.43. The molecule has 0 atom stereocenters. The molecule has 0 aliphatic carbocycles. The molecule has 5 nitrogen and oxygen atoms in total. The number of aromatic nitrogens is 2. The van der Waals surface area contributed by atoms with Crippen LogP contribution in [0, 0.1) is 0 Å². The van der Waals surface area contributed by atoms with Gasteiger partial charge in [0.25, 0.3) is 5.91 Å². The maximum atomic E-state index is 11.8. The smallest absolute Gasteiger partial charge is 0.288 e. The fourth-order valence-corrected chi connectivity index (χ4v) is 1.34. The van der Waals surface area contributed by atoms with Crippen LogP contribution in [-0.4, -0.2) is 22.9 Å². The molecule has 0 radical (unpaired) electrons. The summed E-state index contributed by atoms with van der Waals surface area (Å²) in [4.78, 5) is 19.5. The van der Waals surface area contributed by atoms with Crippen LogP contribution in [0.4, 0.5) is 5.69 Å². The molecule has 1 aromatic heterocycles. The summed E-state index contributed by atoms with van der Waals surface area (Å²) in [5.41, 5.74) is 3.88. The fourth-order valence-electron chi connectivity index (χ4n) is 1.34. The van der Waals surface area contributed by atoms with Crippen molar-refractivity contribution in [3.8, 4) is 0 Å². The van der Waals surface area contributed by atoms with Gasteiger partial charge >= 0.3 is 0 Å². The number of hydrogen-bond acceptors (Lipinski definition) is 4. The van der Waals surface area contributed by atoms with Crippen LogP contribution in [0.15, 0.2) is 48.9 Å². The highest BCUT2D eigenvalue weighted by molar-refractivity contribution is 5.92. The quantitative estimate of drug-likeness (QED) is 0.803. The highest BCUT2D eigenvalue weighted by Crippen LogP contribution is 2.08. The zero-order valence-electron chi connectivity index (χ0n) is 9.37. The van der Waals surface area contributed by atoms with Gasteiger partial charge in [-0.25, -0.2) is 4.98 Å². The monoisotopic (exact) mass is 228 g/mol. The number of carbonyl (C=O) groups is 1. The van der Waals surface area contributed by atoms with E-state index in [2.05, 4.69) is 15.4 Å². The van der Waals surface area contributed by atoms with E-state index in [0.717, 1.165) is 5.69 Å². The van der Waals surface area contributed by atoms with E-state index in [1.807, 2.05) is 30.3 Å². The first-order valence-corrected chi connectivity index (χ1v) is 5.13. The summed E-state index contributed by atoms with van der Waals surface area (Å²) in [6.07, 6.45) is 4.43. The van der Waals surface area contributed by atoms with Gasteiger partial charge in [0.15, 0.2) is 0 Å². The van der Waals surface area contributed by atoms with Crippen LogP contribution in [0.2, 0.25) is 0 Å². The minimum Gasteiger partial charge on any atom is -0.288 e. The van der Waals surface area contributed by atoms with E-state index in [1.54, 1.807) is 12.1 Å². The first-order chi connectivity index (χ1) is 8.27. The van der Waals surface area contributed by atoms with Gasteiger partial charge in [-0.3, -0.25) is 20.2 Å². The number of hydrazine groups is 1. The van der Waals surface area contributed by atoms with E-state index in [-0.39, 0.29) is 11.6 Å². The number of anilines is 1. The zero-order chi connectivity index (χ0) is 12.1. The van der Waals surface area contributed by atoms with Crippen molar-refractivity contribution in [3.05, 3.63) is 54.6 Å². The second kappa shape index (κ2) is 5.07. The number of para-hydroxylation sites is 1. The van der Waals surface area contributed by atoms with E-state index in [1.165, 1.54) is 18.6 Å². The number of amides is 1. The van der Waals surface area contributed by atoms with Crippen LogP contribution in [-0.2, 0) is 0 Å². The fraction of sp³-hybridized carbons (Fsp3) is 0.0833. The molecule has 0 unspecified atom stereocenters. The van der Waals surface area contributed by atoms with Crippen LogP contribution < -0.4 is 10.4 Å². The zero-order valence-corrected chi connectivity index (χ0v) is 9.37. The van der Waals surface area contributed by atoms with Crippen LogP contribution in [0.1, 0.15) is 10.5 Å². The van der Waals surface area contributed by atoms with Gasteiger partial charge in [0.2, 0.25) is 0 Å². The molecular weight excluding hydrogens is 216 g/mol. The third kappa shape index (κ3) is 2.78. The third-order valence-electron chi connectivity index (χ3n) is 2.21. The van der Waals surface area contributed by atoms with Gasteiger partial charge in [-0.05, 0) is 12.1 Å². The Labute approximate surface area is 99.1 Å². The van der Waals surface area contributed by atoms with E-state index in [0.29, 0.717) is 0 Å². The molecular formula is C12H12N4O. The Hall–Kier alpha value is -2.43. The molecule has 2 rings (SSSR count). The summed E-state index contributed by atoms with van der Waals surface area (Å²) >= 11 is 0. The van der Waals surface area contributed by atoms with E-state index < -0.39 is 0 Å². The molecule has 86 valence electrons. The normalized spacial score (nSPS) is 9.71. The van der Waals surface area contributed by atoms with Crippen LogP contribution in [0.3, 0.4) is 0 Å². The summed E-state index contributed by atoms with van der Waals surface area (Å²) in [5.74, 6) is -0.288. The second-order valence-corrected chi connectivity index (χ2v) is 3.43. The highest BCUT2D eigenvalue weighted by atomic mass is 16.2. The summed E-state index contributed by atoms with van der Waals surface area (Å²) in [6.45, 7) is 0. The molecule has 17 heavy (non-hydrogen) atoms. The van der Waals surface area contributed by atoms with E-state index in [4.69, 9.17) is 0 Å². The van der Waals surface area contributed by atoms with Gasteiger partial charge in [-0.2, -0.15) is 0 Å². The highest BCUT2D eigenvalue weighted by Gasteiger charge is 2.09. The molecule has 0 saturated carbocycles. The number of rotatable bonds is 3. The summed E-state index contributed by atoms with van der Waals surface area (Å²) < 4.78 is 0. The Morgan fingerprint density at radius 3 is 2.65 bits per heavy atom. The number of nitrogens with zero attached hydrogens (tertiary/aromatic N) is 3. The molecule has 1 heterocycles. The lowest BCUT2D eigenvalue weighted by Gasteiger charge is -2.19. The average Bonchev–Trinajstić information content (AvgIpc) is 2.40. The van der Waals surface area contributed by atoms with Gasteiger partial charge in [-0.15, -0.1) is 0 Å². The van der Waals surface area contributed by atoms with Gasteiger partial charge in [-0.1, -0.05) is 18.2 Å². The number of benzene rings is 1. The molecule has 0 spiro atoms. The molecule has 0 fully saturated rings. The maximum absolute atomic E-state index is 11.8. The Morgan fingerprint density at radius 2 is 2.00 bits per heavy atom. The molecule has 0 bridgehead atoms. The average molecular weight is 228 g/mol. The standard InChI is InChI=1S/C12H12N4O/c1-16(10-5-3-2-4-6-10)15-12(17)11-9-13-7-8-14-11/h2-9H,1H3,(H,15,17). The predicted molar refractivity (Wildman–Crippen MR) is 64.3 cm³/mol. The maximum Gasteiger partial charge on any atom is 0.289 e. The van der Waals surface area contributed by atoms with Gasteiger partial charge in [0, 0.05) is 19.4 Å². The SMILES string of the molecule is CN(NC(=O)c1cnccn1)c1ccccc1. The molecule has 1 N–H and O–H groups in total. The molecule has 0 saturated heterocycles. The molecule has 0 aliphatic rings. The van der Waals surface area contributed by atoms with Crippen molar-refractivity contribution in [2.45, 2.75) is 0 Å². The minimum absolute atomic E-state index is 0.287. The molecule has 1 aromatic carbocycles. The van der Waals surface area contributed by atoms with Gasteiger partial charge < -0.3 is 0 Å². The van der Waals surface area contributed by atoms with E-state index >= 15 is 0 Å². The Bertz CT molecular complexity index is 486.